The summed E-state index contributed by atoms with van der Waals surface area (Å²) in [6.07, 6.45) is 1.47. The van der Waals surface area contributed by atoms with Crippen molar-refractivity contribution < 1.29 is 14.3 Å². The molecule has 0 heterocycles. The second kappa shape index (κ2) is 11.1. The third kappa shape index (κ3) is 6.27. The molecule has 0 atom stereocenters. The molecule has 162 valence electrons. The standard InChI is InChI=1S/C24H17BrCl2N2O3/c1-31-22-11-16(10-17(13-28)24(30)29-20-8-6-19(27)7-9-20)21(25)12-23(22)32-14-15-2-4-18(26)5-3-15/h2-12H,14H2,1H3,(H,29,30)/b17-10-. The van der Waals surface area contributed by atoms with Crippen molar-refractivity contribution in [2.24, 2.45) is 0 Å². The second-order valence-corrected chi connectivity index (χ2v) is 8.30. The van der Waals surface area contributed by atoms with Crippen LogP contribution in [0.15, 0.2) is 70.7 Å². The molecule has 0 saturated heterocycles. The molecule has 0 unspecified atom stereocenters. The van der Waals surface area contributed by atoms with Crippen molar-refractivity contribution in [3.8, 4) is 17.6 Å². The van der Waals surface area contributed by atoms with E-state index in [0.29, 0.717) is 43.9 Å². The minimum atomic E-state index is -0.538. The van der Waals surface area contributed by atoms with Crippen LogP contribution in [0.2, 0.25) is 10.0 Å². The van der Waals surface area contributed by atoms with Crippen LogP contribution in [0.1, 0.15) is 11.1 Å². The van der Waals surface area contributed by atoms with E-state index in [9.17, 15) is 10.1 Å². The largest absolute Gasteiger partial charge is 0.493 e. The summed E-state index contributed by atoms with van der Waals surface area (Å²) in [5, 5.41) is 13.4. The number of methoxy groups -OCH3 is 1. The molecule has 0 bridgehead atoms. The van der Waals surface area contributed by atoms with Crippen molar-refractivity contribution >= 4 is 56.8 Å². The summed E-state index contributed by atoms with van der Waals surface area (Å²) in [7, 11) is 1.52. The number of halogens is 3. The van der Waals surface area contributed by atoms with Gasteiger partial charge in [0.05, 0.1) is 7.11 Å². The van der Waals surface area contributed by atoms with E-state index in [-0.39, 0.29) is 5.57 Å². The molecule has 0 fully saturated rings. The number of carbonyl (C=O) groups is 1. The van der Waals surface area contributed by atoms with E-state index in [1.54, 1.807) is 48.5 Å². The van der Waals surface area contributed by atoms with Crippen molar-refractivity contribution in [1.29, 1.82) is 5.26 Å². The number of anilines is 1. The Balaban J connectivity index is 1.80. The molecule has 32 heavy (non-hydrogen) atoms. The average Bonchev–Trinajstić information content (AvgIpc) is 2.79. The van der Waals surface area contributed by atoms with E-state index >= 15 is 0 Å². The van der Waals surface area contributed by atoms with Crippen molar-refractivity contribution in [3.63, 3.8) is 0 Å². The summed E-state index contributed by atoms with van der Waals surface area (Å²) in [6, 6.07) is 19.3. The van der Waals surface area contributed by atoms with Crippen LogP contribution in [0.4, 0.5) is 5.69 Å². The Morgan fingerprint density at radius 1 is 1.06 bits per heavy atom. The number of amides is 1. The zero-order valence-corrected chi connectivity index (χ0v) is 20.0. The van der Waals surface area contributed by atoms with E-state index < -0.39 is 5.91 Å². The molecule has 3 aromatic rings. The van der Waals surface area contributed by atoms with Gasteiger partial charge in [-0.3, -0.25) is 4.79 Å². The predicted octanol–water partition coefficient (Wildman–Crippen LogP) is 6.89. The number of benzene rings is 3. The average molecular weight is 532 g/mol. The Labute approximate surface area is 204 Å². The lowest BCUT2D eigenvalue weighted by Crippen LogP contribution is -2.13. The lowest BCUT2D eigenvalue weighted by atomic mass is 10.1. The summed E-state index contributed by atoms with van der Waals surface area (Å²) in [5.74, 6) is 0.433. The Kier molecular flexibility index (Phi) is 8.18. The molecule has 8 heteroatoms. The van der Waals surface area contributed by atoms with E-state index in [4.69, 9.17) is 32.7 Å². The summed E-state index contributed by atoms with van der Waals surface area (Å²) < 4.78 is 12.0. The van der Waals surface area contributed by atoms with E-state index in [1.807, 2.05) is 18.2 Å². The first kappa shape index (κ1) is 23.7. The fourth-order valence-corrected chi connectivity index (χ4v) is 3.40. The Morgan fingerprint density at radius 3 is 2.28 bits per heavy atom. The van der Waals surface area contributed by atoms with Crippen LogP contribution in [-0.4, -0.2) is 13.0 Å². The van der Waals surface area contributed by atoms with Gasteiger partial charge in [-0.25, -0.2) is 0 Å². The van der Waals surface area contributed by atoms with Crippen LogP contribution < -0.4 is 14.8 Å². The molecule has 3 aromatic carbocycles. The lowest BCUT2D eigenvalue weighted by molar-refractivity contribution is -0.112. The van der Waals surface area contributed by atoms with Crippen molar-refractivity contribution in [3.05, 3.63) is 91.9 Å². The first-order valence-corrected chi connectivity index (χ1v) is 10.9. The highest BCUT2D eigenvalue weighted by Gasteiger charge is 2.14. The highest BCUT2D eigenvalue weighted by molar-refractivity contribution is 9.10. The van der Waals surface area contributed by atoms with Gasteiger partial charge >= 0.3 is 0 Å². The van der Waals surface area contributed by atoms with Gasteiger partial charge in [0.2, 0.25) is 0 Å². The number of rotatable bonds is 7. The van der Waals surface area contributed by atoms with Crippen LogP contribution in [0.5, 0.6) is 11.5 Å². The molecule has 5 nitrogen and oxygen atoms in total. The molecule has 0 spiro atoms. The van der Waals surface area contributed by atoms with Gasteiger partial charge < -0.3 is 14.8 Å². The van der Waals surface area contributed by atoms with Crippen LogP contribution in [0.3, 0.4) is 0 Å². The Bertz CT molecular complexity index is 1190. The predicted molar refractivity (Wildman–Crippen MR) is 130 cm³/mol. The maximum atomic E-state index is 12.5. The molecule has 0 aromatic heterocycles. The topological polar surface area (TPSA) is 71.3 Å². The molecule has 3 rings (SSSR count). The molecule has 0 aliphatic heterocycles. The number of nitriles is 1. The van der Waals surface area contributed by atoms with Crippen molar-refractivity contribution in [2.45, 2.75) is 6.61 Å². The fraction of sp³-hybridized carbons (Fsp3) is 0.0833. The summed E-state index contributed by atoms with van der Waals surface area (Å²) >= 11 is 15.2. The molecule has 1 amide bonds. The summed E-state index contributed by atoms with van der Waals surface area (Å²) in [5.41, 5.74) is 1.99. The van der Waals surface area contributed by atoms with E-state index in [0.717, 1.165) is 5.56 Å². The zero-order valence-electron chi connectivity index (χ0n) is 16.9. The van der Waals surface area contributed by atoms with Gasteiger partial charge in [0.1, 0.15) is 18.2 Å². The number of ether oxygens (including phenoxy) is 2. The first-order chi connectivity index (χ1) is 15.4. The number of nitrogens with zero attached hydrogens (tertiary/aromatic N) is 1. The normalized spacial score (nSPS) is 10.9. The molecule has 1 N–H and O–H groups in total. The highest BCUT2D eigenvalue weighted by atomic mass is 79.9. The summed E-state index contributed by atoms with van der Waals surface area (Å²) in [6.45, 7) is 0.322. The number of hydrogen-bond acceptors (Lipinski definition) is 4. The van der Waals surface area contributed by atoms with Gasteiger partial charge in [0, 0.05) is 20.2 Å². The quantitative estimate of drug-likeness (QED) is 0.266. The Morgan fingerprint density at radius 2 is 1.69 bits per heavy atom. The lowest BCUT2D eigenvalue weighted by Gasteiger charge is -2.13. The van der Waals surface area contributed by atoms with Crippen LogP contribution in [0.25, 0.3) is 6.08 Å². The van der Waals surface area contributed by atoms with Gasteiger partial charge in [-0.15, -0.1) is 0 Å². The van der Waals surface area contributed by atoms with E-state index in [2.05, 4.69) is 21.2 Å². The van der Waals surface area contributed by atoms with Crippen molar-refractivity contribution in [2.75, 3.05) is 12.4 Å². The zero-order chi connectivity index (χ0) is 23.1. The van der Waals surface area contributed by atoms with Crippen molar-refractivity contribution in [1.82, 2.24) is 0 Å². The number of nitrogens with one attached hydrogen (secondary N) is 1. The van der Waals surface area contributed by atoms with Crippen LogP contribution in [0, 0.1) is 11.3 Å². The minimum Gasteiger partial charge on any atom is -0.493 e. The first-order valence-electron chi connectivity index (χ1n) is 9.33. The molecule has 0 aliphatic rings. The third-order valence-corrected chi connectivity index (χ3v) is 5.55. The van der Waals surface area contributed by atoms with Gasteiger partial charge in [-0.2, -0.15) is 5.26 Å². The van der Waals surface area contributed by atoms with Crippen LogP contribution >= 0.6 is 39.1 Å². The monoisotopic (exact) mass is 530 g/mol. The second-order valence-electron chi connectivity index (χ2n) is 6.57. The van der Waals surface area contributed by atoms with Gasteiger partial charge in [0.15, 0.2) is 11.5 Å². The minimum absolute atomic E-state index is 0.0717. The SMILES string of the molecule is COc1cc(/C=C(/C#N)C(=O)Nc2ccc(Cl)cc2)c(Br)cc1OCc1ccc(Cl)cc1. The maximum Gasteiger partial charge on any atom is 0.266 e. The van der Waals surface area contributed by atoms with Gasteiger partial charge in [-0.05, 0) is 65.7 Å². The van der Waals surface area contributed by atoms with Gasteiger partial charge in [-0.1, -0.05) is 51.3 Å². The maximum absolute atomic E-state index is 12.5. The molecule has 0 radical (unpaired) electrons. The third-order valence-electron chi connectivity index (χ3n) is 4.36. The molecule has 0 aliphatic carbocycles. The van der Waals surface area contributed by atoms with Gasteiger partial charge in [0.25, 0.3) is 5.91 Å². The molecular formula is C24H17BrCl2N2O3. The summed E-state index contributed by atoms with van der Waals surface area (Å²) in [4.78, 5) is 12.5. The van der Waals surface area contributed by atoms with Crippen LogP contribution in [-0.2, 0) is 11.4 Å². The fourth-order valence-electron chi connectivity index (χ4n) is 2.71. The highest BCUT2D eigenvalue weighted by Crippen LogP contribution is 2.35. The Hall–Kier alpha value is -2.98. The molecule has 0 saturated carbocycles. The number of hydrogen-bond donors (Lipinski definition) is 1. The smallest absolute Gasteiger partial charge is 0.266 e. The molecular weight excluding hydrogens is 515 g/mol. The number of carbonyl (C=O) groups excluding carboxylic acids is 1. The van der Waals surface area contributed by atoms with E-state index in [1.165, 1.54) is 13.2 Å².